The maximum atomic E-state index is 14.6. The average molecular weight is 461 g/mol. The van der Waals surface area contributed by atoms with E-state index in [1.54, 1.807) is 0 Å². The highest BCUT2D eigenvalue weighted by atomic mass is 19.4. The van der Waals surface area contributed by atoms with E-state index in [1.807, 2.05) is 0 Å². The fourth-order valence-corrected chi connectivity index (χ4v) is 4.06. The lowest BCUT2D eigenvalue weighted by Gasteiger charge is -2.24. The number of carbonyl (C=O) groups excluding carboxylic acids is 2. The zero-order chi connectivity index (χ0) is 23.9. The molecule has 2 aromatic rings. The number of Topliss-reactive ketones (excluding diaryl/α,β-unsaturated/α-hetero) is 1. The van der Waals surface area contributed by atoms with Gasteiger partial charge in [-0.05, 0) is 23.8 Å². The minimum atomic E-state index is -4.70. The average Bonchev–Trinajstić information content (AvgIpc) is 3.05. The molecule has 2 aliphatic heterocycles. The van der Waals surface area contributed by atoms with E-state index in [9.17, 15) is 37.1 Å². The van der Waals surface area contributed by atoms with Crippen LogP contribution in [-0.4, -0.2) is 29.5 Å². The van der Waals surface area contributed by atoms with Gasteiger partial charge in [0.25, 0.3) is 0 Å². The number of alkyl halides is 3. The van der Waals surface area contributed by atoms with E-state index in [4.69, 9.17) is 0 Å². The fraction of sp³-hybridized carbons (Fsp3) is 0.182. The number of nitrogens with one attached hydrogen (secondary N) is 1. The van der Waals surface area contributed by atoms with Crippen molar-refractivity contribution in [2.45, 2.75) is 25.1 Å². The number of halogens is 4. The number of rotatable bonds is 6. The van der Waals surface area contributed by atoms with Crippen LogP contribution in [0.15, 0.2) is 47.2 Å². The molecule has 0 aromatic heterocycles. The minimum absolute atomic E-state index is 0.0583. The molecule has 0 bridgehead atoms. The number of anilines is 2. The van der Waals surface area contributed by atoms with Gasteiger partial charge in [0.1, 0.15) is 5.82 Å². The van der Waals surface area contributed by atoms with Crippen LogP contribution in [0.3, 0.4) is 0 Å². The number of hydrogen-bond acceptors (Lipinski definition) is 5. The van der Waals surface area contributed by atoms with Gasteiger partial charge in [-0.25, -0.2) is 4.39 Å². The summed E-state index contributed by atoms with van der Waals surface area (Å²) < 4.78 is 53.2. The quantitative estimate of drug-likeness (QED) is 0.506. The van der Waals surface area contributed by atoms with Gasteiger partial charge in [-0.3, -0.25) is 19.4 Å². The van der Waals surface area contributed by atoms with Crippen LogP contribution in [0.4, 0.5) is 28.9 Å². The third-order valence-corrected chi connectivity index (χ3v) is 5.44. The summed E-state index contributed by atoms with van der Waals surface area (Å²) >= 11 is 0. The van der Waals surface area contributed by atoms with E-state index in [1.165, 1.54) is 23.2 Å². The standard InChI is InChI=1S/C22H15F4N3O4/c23-14-6-13(22(24,25)26)3-1-12(14)9-29-15-4-2-11(5-18(32)33)21(28-10-30)20(15)19-16(29)7-27-8-17(19)31/h1-4,6-8,10,19H,5,9H2,(H,28,30)(H,32,33). The highest BCUT2D eigenvalue weighted by Crippen LogP contribution is 2.50. The zero-order valence-corrected chi connectivity index (χ0v) is 16.7. The Bertz CT molecular complexity index is 1240. The predicted octanol–water partition coefficient (Wildman–Crippen LogP) is 3.64. The van der Waals surface area contributed by atoms with Crippen molar-refractivity contribution in [3.63, 3.8) is 0 Å². The molecule has 0 aliphatic carbocycles. The van der Waals surface area contributed by atoms with Crippen molar-refractivity contribution in [2.24, 2.45) is 4.99 Å². The second-order valence-electron chi connectivity index (χ2n) is 7.42. The molecule has 1 amide bonds. The number of carboxylic acids is 1. The van der Waals surface area contributed by atoms with Gasteiger partial charge >= 0.3 is 12.1 Å². The number of nitrogens with zero attached hydrogens (tertiary/aromatic N) is 2. The van der Waals surface area contributed by atoms with Crippen molar-refractivity contribution in [1.82, 2.24) is 0 Å². The van der Waals surface area contributed by atoms with Gasteiger partial charge in [0, 0.05) is 23.0 Å². The van der Waals surface area contributed by atoms with Crippen LogP contribution >= 0.6 is 0 Å². The van der Waals surface area contributed by atoms with Crippen LogP contribution in [0.5, 0.6) is 0 Å². The molecule has 11 heteroatoms. The second kappa shape index (κ2) is 8.15. The molecule has 0 radical (unpaired) electrons. The monoisotopic (exact) mass is 461 g/mol. The normalized spacial score (nSPS) is 16.8. The highest BCUT2D eigenvalue weighted by Gasteiger charge is 2.42. The molecule has 2 aromatic carbocycles. The first-order valence-corrected chi connectivity index (χ1v) is 9.59. The number of carboxylic acid groups (broad SMARTS) is 1. The Kier molecular flexibility index (Phi) is 5.48. The smallest absolute Gasteiger partial charge is 0.416 e. The molecule has 0 saturated heterocycles. The van der Waals surface area contributed by atoms with Crippen molar-refractivity contribution in [3.05, 3.63) is 70.3 Å². The Labute approximate surface area is 184 Å². The van der Waals surface area contributed by atoms with Crippen molar-refractivity contribution in [3.8, 4) is 0 Å². The number of amides is 1. The Hall–Kier alpha value is -4.02. The molecule has 0 saturated carbocycles. The molecule has 1 unspecified atom stereocenters. The lowest BCUT2D eigenvalue weighted by atomic mass is 9.90. The van der Waals surface area contributed by atoms with Crippen molar-refractivity contribution in [2.75, 3.05) is 10.2 Å². The van der Waals surface area contributed by atoms with Gasteiger partial charge in [-0.2, -0.15) is 13.2 Å². The molecule has 0 spiro atoms. The van der Waals surface area contributed by atoms with E-state index in [0.717, 1.165) is 18.3 Å². The fourth-order valence-electron chi connectivity index (χ4n) is 4.06. The third kappa shape index (κ3) is 3.97. The predicted molar refractivity (Wildman–Crippen MR) is 109 cm³/mol. The summed E-state index contributed by atoms with van der Waals surface area (Å²) in [5, 5.41) is 11.7. The number of fused-ring (bicyclic) bond motifs is 3. The summed E-state index contributed by atoms with van der Waals surface area (Å²) in [4.78, 5) is 40.6. The first-order chi connectivity index (χ1) is 15.6. The van der Waals surface area contributed by atoms with Gasteiger partial charge in [0.15, 0.2) is 5.78 Å². The van der Waals surface area contributed by atoms with Gasteiger partial charge in [0.2, 0.25) is 6.41 Å². The van der Waals surface area contributed by atoms with E-state index in [0.29, 0.717) is 29.4 Å². The Morgan fingerprint density at radius 2 is 1.94 bits per heavy atom. The zero-order valence-electron chi connectivity index (χ0n) is 16.7. The lowest BCUT2D eigenvalue weighted by molar-refractivity contribution is -0.138. The number of aliphatic carboxylic acids is 1. The summed E-state index contributed by atoms with van der Waals surface area (Å²) in [7, 11) is 0. The molecule has 1 atom stereocenters. The Morgan fingerprint density at radius 1 is 1.21 bits per heavy atom. The van der Waals surface area contributed by atoms with Crippen LogP contribution < -0.4 is 10.2 Å². The van der Waals surface area contributed by atoms with Crippen LogP contribution in [0, 0.1) is 5.82 Å². The maximum Gasteiger partial charge on any atom is 0.416 e. The summed E-state index contributed by atoms with van der Waals surface area (Å²) in [6.07, 6.45) is -2.33. The SMILES string of the molecule is O=CNc1c(CC(=O)O)ccc2c1C1C(=O)C=NC=C1N2Cc1ccc(C(F)(F)F)cc1F. The number of carbonyl (C=O) groups is 3. The second-order valence-corrected chi connectivity index (χ2v) is 7.42. The number of aliphatic imine (C=N–C) groups is 1. The van der Waals surface area contributed by atoms with Gasteiger partial charge in [0.05, 0.1) is 42.0 Å². The minimum Gasteiger partial charge on any atom is -0.481 e. The third-order valence-electron chi connectivity index (χ3n) is 5.44. The Balaban J connectivity index is 1.83. The lowest BCUT2D eigenvalue weighted by Crippen LogP contribution is -2.25. The molecule has 2 N–H and O–H groups in total. The number of benzene rings is 2. The van der Waals surface area contributed by atoms with Gasteiger partial charge < -0.3 is 15.3 Å². The number of allylic oxidation sites excluding steroid dienone is 1. The summed E-state index contributed by atoms with van der Waals surface area (Å²) in [6, 6.07) is 5.16. The first kappa shape index (κ1) is 22.2. The molecule has 33 heavy (non-hydrogen) atoms. The van der Waals surface area contributed by atoms with E-state index in [-0.39, 0.29) is 23.4 Å². The molecular formula is C22H15F4N3O4. The number of ketones is 1. The van der Waals surface area contributed by atoms with Crippen molar-refractivity contribution >= 4 is 35.8 Å². The molecule has 2 heterocycles. The van der Waals surface area contributed by atoms with Crippen LogP contribution in [0.2, 0.25) is 0 Å². The van der Waals surface area contributed by atoms with Crippen LogP contribution in [0.25, 0.3) is 0 Å². The highest BCUT2D eigenvalue weighted by molar-refractivity contribution is 6.33. The molecule has 0 fully saturated rings. The molecule has 170 valence electrons. The van der Waals surface area contributed by atoms with Crippen molar-refractivity contribution < 1.29 is 37.1 Å². The summed E-state index contributed by atoms with van der Waals surface area (Å²) in [5.74, 6) is -3.61. The number of hydrogen-bond donors (Lipinski definition) is 2. The maximum absolute atomic E-state index is 14.6. The molecular weight excluding hydrogens is 446 g/mol. The van der Waals surface area contributed by atoms with E-state index < -0.39 is 41.6 Å². The largest absolute Gasteiger partial charge is 0.481 e. The molecule has 2 aliphatic rings. The summed E-state index contributed by atoms with van der Waals surface area (Å²) in [6.45, 7) is -0.221. The Morgan fingerprint density at radius 3 is 2.58 bits per heavy atom. The van der Waals surface area contributed by atoms with E-state index in [2.05, 4.69) is 10.3 Å². The first-order valence-electron chi connectivity index (χ1n) is 9.59. The molecule has 4 rings (SSSR count). The van der Waals surface area contributed by atoms with E-state index >= 15 is 0 Å². The van der Waals surface area contributed by atoms with Crippen LogP contribution in [0.1, 0.15) is 28.2 Å². The molecule has 7 nitrogen and oxygen atoms in total. The topological polar surface area (TPSA) is 99.1 Å². The van der Waals surface area contributed by atoms with Gasteiger partial charge in [-0.1, -0.05) is 12.1 Å². The van der Waals surface area contributed by atoms with Crippen molar-refractivity contribution in [1.29, 1.82) is 0 Å². The van der Waals surface area contributed by atoms with Crippen LogP contribution in [-0.2, 0) is 33.5 Å². The van der Waals surface area contributed by atoms with Gasteiger partial charge in [-0.15, -0.1) is 0 Å². The summed E-state index contributed by atoms with van der Waals surface area (Å²) in [5.41, 5.74) is 0.231.